The average Bonchev–Trinajstić information content (AvgIpc) is 3.06. The molecule has 0 N–H and O–H groups in total. The predicted molar refractivity (Wildman–Crippen MR) is 126 cm³/mol. The molecular formula is C26H31N3O3. The van der Waals surface area contributed by atoms with E-state index < -0.39 is 0 Å². The average molecular weight is 434 g/mol. The van der Waals surface area contributed by atoms with E-state index in [1.54, 1.807) is 13.2 Å². The van der Waals surface area contributed by atoms with Gasteiger partial charge in [0.25, 0.3) is 11.5 Å². The van der Waals surface area contributed by atoms with Crippen LogP contribution >= 0.6 is 0 Å². The van der Waals surface area contributed by atoms with Crippen molar-refractivity contribution in [2.75, 3.05) is 13.7 Å². The molecule has 1 amide bonds. The van der Waals surface area contributed by atoms with Gasteiger partial charge in [-0.05, 0) is 42.5 Å². The summed E-state index contributed by atoms with van der Waals surface area (Å²) in [5.41, 5.74) is 1.32. The van der Waals surface area contributed by atoms with E-state index in [-0.39, 0.29) is 23.4 Å². The lowest BCUT2D eigenvalue weighted by Gasteiger charge is -2.31. The van der Waals surface area contributed by atoms with E-state index >= 15 is 0 Å². The molecule has 6 heteroatoms. The van der Waals surface area contributed by atoms with Crippen LogP contribution in [0.4, 0.5) is 0 Å². The Labute approximate surface area is 188 Å². The lowest BCUT2D eigenvalue weighted by atomic mass is 10.00. The number of methoxy groups -OCH3 is 1. The van der Waals surface area contributed by atoms with Crippen molar-refractivity contribution in [3.05, 3.63) is 70.1 Å². The van der Waals surface area contributed by atoms with Crippen LogP contribution in [0, 0.1) is 5.92 Å². The van der Waals surface area contributed by atoms with Crippen molar-refractivity contribution in [2.24, 2.45) is 5.92 Å². The second-order valence-electron chi connectivity index (χ2n) is 8.91. The van der Waals surface area contributed by atoms with E-state index in [2.05, 4.69) is 5.10 Å². The Balaban J connectivity index is 1.80. The first kappa shape index (κ1) is 22.1. The summed E-state index contributed by atoms with van der Waals surface area (Å²) in [6.45, 7) is 5.24. The summed E-state index contributed by atoms with van der Waals surface area (Å²) in [6, 6.07) is 15.3. The Hall–Kier alpha value is -3.15. The maximum Gasteiger partial charge on any atom is 0.275 e. The molecule has 0 bridgehead atoms. The second-order valence-corrected chi connectivity index (χ2v) is 8.91. The fraction of sp³-hybridized carbons (Fsp3) is 0.423. The molecule has 0 radical (unpaired) electrons. The van der Waals surface area contributed by atoms with Crippen molar-refractivity contribution in [1.82, 2.24) is 14.7 Å². The Morgan fingerprint density at radius 1 is 1.06 bits per heavy atom. The van der Waals surface area contributed by atoms with Gasteiger partial charge >= 0.3 is 0 Å². The highest BCUT2D eigenvalue weighted by Gasteiger charge is 2.30. The fourth-order valence-electron chi connectivity index (χ4n) is 4.52. The zero-order valence-electron chi connectivity index (χ0n) is 19.1. The highest BCUT2D eigenvalue weighted by Crippen LogP contribution is 2.32. The van der Waals surface area contributed by atoms with Crippen LogP contribution in [0.25, 0.3) is 10.8 Å². The summed E-state index contributed by atoms with van der Waals surface area (Å²) in [6.07, 6.45) is 4.03. The van der Waals surface area contributed by atoms with Gasteiger partial charge in [0.05, 0.1) is 18.5 Å². The number of benzene rings is 2. The van der Waals surface area contributed by atoms with E-state index in [1.165, 1.54) is 4.68 Å². The third-order valence-electron chi connectivity index (χ3n) is 6.12. The molecule has 2 heterocycles. The molecule has 0 aliphatic carbocycles. The van der Waals surface area contributed by atoms with Crippen molar-refractivity contribution in [2.45, 2.75) is 52.1 Å². The number of likely N-dealkylation sites (tertiary alicyclic amines) is 1. The Morgan fingerprint density at radius 2 is 1.78 bits per heavy atom. The van der Waals surface area contributed by atoms with Crippen LogP contribution in [0.3, 0.4) is 0 Å². The molecule has 1 atom stereocenters. The van der Waals surface area contributed by atoms with Crippen molar-refractivity contribution < 1.29 is 9.53 Å². The van der Waals surface area contributed by atoms with Crippen LogP contribution in [-0.2, 0) is 6.54 Å². The van der Waals surface area contributed by atoms with Crippen LogP contribution in [0.1, 0.15) is 61.6 Å². The lowest BCUT2D eigenvalue weighted by molar-refractivity contribution is 0.0674. The zero-order valence-corrected chi connectivity index (χ0v) is 19.1. The number of amides is 1. The molecule has 6 nitrogen and oxygen atoms in total. The molecule has 168 valence electrons. The Bertz CT molecular complexity index is 1150. The van der Waals surface area contributed by atoms with Gasteiger partial charge in [-0.3, -0.25) is 9.59 Å². The van der Waals surface area contributed by atoms with Crippen molar-refractivity contribution >= 4 is 16.7 Å². The second kappa shape index (κ2) is 9.55. The minimum atomic E-state index is -0.145. The maximum atomic E-state index is 13.9. The van der Waals surface area contributed by atoms with Crippen molar-refractivity contribution in [3.8, 4) is 5.75 Å². The first-order valence-electron chi connectivity index (χ1n) is 11.4. The number of aromatic nitrogens is 2. The molecule has 2 aromatic carbocycles. The van der Waals surface area contributed by atoms with Gasteiger partial charge in [-0.15, -0.1) is 0 Å². The van der Waals surface area contributed by atoms with E-state index in [0.717, 1.165) is 37.0 Å². The third kappa shape index (κ3) is 4.40. The maximum absolute atomic E-state index is 13.9. The zero-order chi connectivity index (χ0) is 22.7. The van der Waals surface area contributed by atoms with Crippen LogP contribution in [0.2, 0.25) is 0 Å². The number of fused-ring (bicyclic) bond motifs is 1. The minimum absolute atomic E-state index is 0.0260. The molecule has 4 rings (SSSR count). The molecule has 1 aromatic heterocycles. The summed E-state index contributed by atoms with van der Waals surface area (Å²) >= 11 is 0. The van der Waals surface area contributed by atoms with Crippen LogP contribution in [0.15, 0.2) is 53.3 Å². The van der Waals surface area contributed by atoms with Gasteiger partial charge in [0, 0.05) is 18.5 Å². The number of carbonyl (C=O) groups is 1. The third-order valence-corrected chi connectivity index (χ3v) is 6.12. The minimum Gasteiger partial charge on any atom is -0.497 e. The molecule has 0 unspecified atom stereocenters. The topological polar surface area (TPSA) is 64.4 Å². The number of nitrogens with zero attached hydrogens (tertiary/aromatic N) is 3. The summed E-state index contributed by atoms with van der Waals surface area (Å²) < 4.78 is 6.76. The summed E-state index contributed by atoms with van der Waals surface area (Å²) in [7, 11) is 1.65. The number of hydrogen-bond donors (Lipinski definition) is 0. The van der Waals surface area contributed by atoms with Gasteiger partial charge in [-0.1, -0.05) is 57.0 Å². The normalized spacial score (nSPS) is 16.9. The van der Waals surface area contributed by atoms with Gasteiger partial charge in [-0.25, -0.2) is 4.68 Å². The van der Waals surface area contributed by atoms with Crippen molar-refractivity contribution in [3.63, 3.8) is 0 Å². The fourth-order valence-corrected chi connectivity index (χ4v) is 4.52. The van der Waals surface area contributed by atoms with Crippen LogP contribution in [0.5, 0.6) is 5.75 Å². The van der Waals surface area contributed by atoms with Gasteiger partial charge in [0.2, 0.25) is 0 Å². The molecule has 1 aliphatic rings. The molecule has 1 fully saturated rings. The van der Waals surface area contributed by atoms with E-state index in [1.807, 2.05) is 61.2 Å². The monoisotopic (exact) mass is 433 g/mol. The SMILES string of the molecule is COc1ccc([C@H]2CCCCCN2C(=O)c2nn(CC(C)C)c(=O)c3ccccc23)cc1. The molecule has 3 aromatic rings. The quantitative estimate of drug-likeness (QED) is 0.579. The highest BCUT2D eigenvalue weighted by atomic mass is 16.5. The first-order chi connectivity index (χ1) is 15.5. The van der Waals surface area contributed by atoms with E-state index in [0.29, 0.717) is 29.6 Å². The van der Waals surface area contributed by atoms with Crippen LogP contribution < -0.4 is 10.3 Å². The summed E-state index contributed by atoms with van der Waals surface area (Å²) in [5.74, 6) is 0.935. The standard InChI is InChI=1S/C26H31N3O3/c1-18(2)17-29-25(30)22-10-7-6-9-21(22)24(27-29)26(31)28-16-8-4-5-11-23(28)19-12-14-20(32-3)15-13-19/h6-7,9-10,12-15,18,23H,4-5,8,11,16-17H2,1-3H3/t23-/m1/s1. The number of hydrogen-bond acceptors (Lipinski definition) is 4. The summed E-state index contributed by atoms with van der Waals surface area (Å²) in [5, 5.41) is 5.76. The van der Waals surface area contributed by atoms with Gasteiger partial charge in [0.1, 0.15) is 5.75 Å². The van der Waals surface area contributed by atoms with Gasteiger partial charge < -0.3 is 9.64 Å². The van der Waals surface area contributed by atoms with E-state index in [4.69, 9.17) is 4.74 Å². The van der Waals surface area contributed by atoms with Gasteiger partial charge in [-0.2, -0.15) is 5.10 Å². The smallest absolute Gasteiger partial charge is 0.275 e. The molecular weight excluding hydrogens is 402 g/mol. The summed E-state index contributed by atoms with van der Waals surface area (Å²) in [4.78, 5) is 28.9. The molecule has 1 aliphatic heterocycles. The Morgan fingerprint density at radius 3 is 2.47 bits per heavy atom. The number of ether oxygens (including phenoxy) is 1. The van der Waals surface area contributed by atoms with Gasteiger partial charge in [0.15, 0.2) is 5.69 Å². The molecule has 1 saturated heterocycles. The molecule has 32 heavy (non-hydrogen) atoms. The first-order valence-corrected chi connectivity index (χ1v) is 11.4. The Kier molecular flexibility index (Phi) is 6.58. The highest BCUT2D eigenvalue weighted by molar-refractivity contribution is 6.05. The molecule has 0 spiro atoms. The lowest BCUT2D eigenvalue weighted by Crippen LogP contribution is -2.37. The van der Waals surface area contributed by atoms with E-state index in [9.17, 15) is 9.59 Å². The van der Waals surface area contributed by atoms with Crippen molar-refractivity contribution in [1.29, 1.82) is 0 Å². The molecule has 0 saturated carbocycles. The number of carbonyl (C=O) groups excluding carboxylic acids is 1. The largest absolute Gasteiger partial charge is 0.497 e. The number of rotatable bonds is 5. The predicted octanol–water partition coefficient (Wildman–Crippen LogP) is 4.82. The van der Waals surface area contributed by atoms with Crippen LogP contribution in [-0.4, -0.2) is 34.2 Å².